The summed E-state index contributed by atoms with van der Waals surface area (Å²) in [6, 6.07) is 5.75. The number of rotatable bonds is 3. The molecule has 4 heteroatoms. The summed E-state index contributed by atoms with van der Waals surface area (Å²) in [7, 11) is 0. The van der Waals surface area contributed by atoms with E-state index in [1.807, 2.05) is 19.1 Å². The van der Waals surface area contributed by atoms with Crippen molar-refractivity contribution in [1.82, 2.24) is 5.32 Å². The molecule has 2 rings (SSSR count). The molecule has 98 valence electrons. The molecular weight excluding hydrogens is 250 g/mol. The molecule has 0 fully saturated rings. The number of nitrogens with one attached hydrogen (secondary N) is 1. The first-order chi connectivity index (χ1) is 8.60. The third-order valence-corrected chi connectivity index (χ3v) is 3.54. The van der Waals surface area contributed by atoms with Gasteiger partial charge in [0.05, 0.1) is 5.92 Å². The zero-order chi connectivity index (χ0) is 13.1. The Bertz CT molecular complexity index is 447. The molecule has 1 aromatic rings. The first-order valence-corrected chi connectivity index (χ1v) is 6.69. The highest BCUT2D eigenvalue weighted by atomic mass is 35.5. The second-order valence-corrected chi connectivity index (χ2v) is 5.22. The van der Waals surface area contributed by atoms with E-state index in [1.54, 1.807) is 6.07 Å². The molecule has 0 saturated carbocycles. The molecule has 1 aromatic carbocycles. The monoisotopic (exact) mass is 267 g/mol. The minimum absolute atomic E-state index is 0.0648. The SMILES string of the molecule is CCC(C)NC(=O)C1COc2ccc(Cl)cc2C1. The maximum Gasteiger partial charge on any atom is 0.227 e. The Kier molecular flexibility index (Phi) is 4.12. The zero-order valence-corrected chi connectivity index (χ0v) is 11.5. The molecule has 1 heterocycles. The number of ether oxygens (including phenoxy) is 1. The third-order valence-electron chi connectivity index (χ3n) is 3.30. The van der Waals surface area contributed by atoms with Crippen LogP contribution in [-0.2, 0) is 11.2 Å². The van der Waals surface area contributed by atoms with Crippen molar-refractivity contribution in [2.24, 2.45) is 5.92 Å². The van der Waals surface area contributed by atoms with E-state index in [2.05, 4.69) is 12.2 Å². The highest BCUT2D eigenvalue weighted by molar-refractivity contribution is 6.30. The van der Waals surface area contributed by atoms with Gasteiger partial charge in [0.2, 0.25) is 5.91 Å². The van der Waals surface area contributed by atoms with Crippen LogP contribution in [0, 0.1) is 5.92 Å². The minimum atomic E-state index is -0.120. The second kappa shape index (κ2) is 5.61. The Morgan fingerprint density at radius 3 is 3.11 bits per heavy atom. The highest BCUT2D eigenvalue weighted by Gasteiger charge is 2.26. The van der Waals surface area contributed by atoms with Crippen molar-refractivity contribution in [1.29, 1.82) is 0 Å². The van der Waals surface area contributed by atoms with Crippen molar-refractivity contribution in [2.75, 3.05) is 6.61 Å². The van der Waals surface area contributed by atoms with Crippen molar-refractivity contribution in [3.05, 3.63) is 28.8 Å². The third kappa shape index (κ3) is 2.96. The van der Waals surface area contributed by atoms with Crippen LogP contribution in [0.15, 0.2) is 18.2 Å². The van der Waals surface area contributed by atoms with Gasteiger partial charge >= 0.3 is 0 Å². The number of halogens is 1. The van der Waals surface area contributed by atoms with Crippen LogP contribution >= 0.6 is 11.6 Å². The summed E-state index contributed by atoms with van der Waals surface area (Å²) in [6.07, 6.45) is 1.62. The predicted molar refractivity (Wildman–Crippen MR) is 72.0 cm³/mol. The standard InChI is InChI=1S/C14H18ClNO2/c1-3-9(2)16-14(17)11-6-10-7-12(15)4-5-13(10)18-8-11/h4-5,7,9,11H,3,6,8H2,1-2H3,(H,16,17). The molecule has 1 aliphatic heterocycles. The summed E-state index contributed by atoms with van der Waals surface area (Å²) in [5, 5.41) is 3.67. The van der Waals surface area contributed by atoms with Gasteiger partial charge in [-0.1, -0.05) is 18.5 Å². The van der Waals surface area contributed by atoms with Crippen molar-refractivity contribution in [2.45, 2.75) is 32.7 Å². The van der Waals surface area contributed by atoms with E-state index in [1.165, 1.54) is 0 Å². The average Bonchev–Trinajstić information content (AvgIpc) is 2.37. The van der Waals surface area contributed by atoms with Gasteiger partial charge in [-0.15, -0.1) is 0 Å². The lowest BCUT2D eigenvalue weighted by Crippen LogP contribution is -2.41. The van der Waals surface area contributed by atoms with Gasteiger partial charge in [-0.25, -0.2) is 0 Å². The summed E-state index contributed by atoms with van der Waals surface area (Å²) in [4.78, 5) is 12.0. The molecule has 0 aliphatic carbocycles. The zero-order valence-electron chi connectivity index (χ0n) is 10.7. The average molecular weight is 268 g/mol. The van der Waals surface area contributed by atoms with Gasteiger partial charge in [0.15, 0.2) is 0 Å². The van der Waals surface area contributed by atoms with Crippen LogP contribution in [0.4, 0.5) is 0 Å². The van der Waals surface area contributed by atoms with Gasteiger partial charge < -0.3 is 10.1 Å². The van der Waals surface area contributed by atoms with Crippen LogP contribution in [0.2, 0.25) is 5.02 Å². The summed E-state index contributed by atoms with van der Waals surface area (Å²) < 4.78 is 5.61. The van der Waals surface area contributed by atoms with Crippen molar-refractivity contribution < 1.29 is 9.53 Å². The van der Waals surface area contributed by atoms with Crippen molar-refractivity contribution in [3.63, 3.8) is 0 Å². The van der Waals surface area contributed by atoms with Crippen LogP contribution < -0.4 is 10.1 Å². The van der Waals surface area contributed by atoms with Crippen molar-refractivity contribution >= 4 is 17.5 Å². The summed E-state index contributed by atoms with van der Waals surface area (Å²) in [6.45, 7) is 4.50. The summed E-state index contributed by atoms with van der Waals surface area (Å²) >= 11 is 5.95. The van der Waals surface area contributed by atoms with E-state index in [4.69, 9.17) is 16.3 Å². The van der Waals surface area contributed by atoms with Crippen LogP contribution in [0.25, 0.3) is 0 Å². The molecule has 0 spiro atoms. The molecule has 2 unspecified atom stereocenters. The number of carbonyl (C=O) groups is 1. The van der Waals surface area contributed by atoms with E-state index in [0.717, 1.165) is 17.7 Å². The van der Waals surface area contributed by atoms with E-state index >= 15 is 0 Å². The van der Waals surface area contributed by atoms with Crippen molar-refractivity contribution in [3.8, 4) is 5.75 Å². The minimum Gasteiger partial charge on any atom is -0.492 e. The molecule has 18 heavy (non-hydrogen) atoms. The fourth-order valence-electron chi connectivity index (χ4n) is 1.99. The predicted octanol–water partition coefficient (Wildman–Crippen LogP) is 2.81. The number of carbonyl (C=O) groups excluding carboxylic acids is 1. The number of hydrogen-bond acceptors (Lipinski definition) is 2. The van der Waals surface area contributed by atoms with Crippen LogP contribution in [0.1, 0.15) is 25.8 Å². The molecule has 3 nitrogen and oxygen atoms in total. The molecule has 1 amide bonds. The molecule has 0 radical (unpaired) electrons. The van der Waals surface area contributed by atoms with Gasteiger partial charge in [0, 0.05) is 11.1 Å². The van der Waals surface area contributed by atoms with Crippen LogP contribution in [0.3, 0.4) is 0 Å². The van der Waals surface area contributed by atoms with E-state index < -0.39 is 0 Å². The van der Waals surface area contributed by atoms with Gasteiger partial charge in [-0.3, -0.25) is 4.79 Å². The topological polar surface area (TPSA) is 38.3 Å². The first-order valence-electron chi connectivity index (χ1n) is 6.31. The number of amides is 1. The maximum absolute atomic E-state index is 12.0. The lowest BCUT2D eigenvalue weighted by Gasteiger charge is -2.25. The number of benzene rings is 1. The number of fused-ring (bicyclic) bond motifs is 1. The maximum atomic E-state index is 12.0. The van der Waals surface area contributed by atoms with Crippen LogP contribution in [-0.4, -0.2) is 18.6 Å². The number of hydrogen-bond donors (Lipinski definition) is 1. The van der Waals surface area contributed by atoms with Gasteiger partial charge in [-0.05, 0) is 43.5 Å². The van der Waals surface area contributed by atoms with Gasteiger partial charge in [0.25, 0.3) is 0 Å². The molecule has 1 aliphatic rings. The lowest BCUT2D eigenvalue weighted by molar-refractivity contribution is -0.126. The van der Waals surface area contributed by atoms with Gasteiger partial charge in [-0.2, -0.15) is 0 Å². The Hall–Kier alpha value is -1.22. The quantitative estimate of drug-likeness (QED) is 0.915. The van der Waals surface area contributed by atoms with Gasteiger partial charge in [0.1, 0.15) is 12.4 Å². The van der Waals surface area contributed by atoms with E-state index in [9.17, 15) is 4.79 Å². The Balaban J connectivity index is 2.05. The summed E-state index contributed by atoms with van der Waals surface area (Å²) in [5.74, 6) is 0.784. The summed E-state index contributed by atoms with van der Waals surface area (Å²) in [5.41, 5.74) is 1.01. The smallest absolute Gasteiger partial charge is 0.227 e. The lowest BCUT2D eigenvalue weighted by atomic mass is 9.95. The van der Waals surface area contributed by atoms with Crippen LogP contribution in [0.5, 0.6) is 5.75 Å². The van der Waals surface area contributed by atoms with E-state index in [-0.39, 0.29) is 17.9 Å². The molecule has 0 saturated heterocycles. The normalized spacial score (nSPS) is 19.6. The highest BCUT2D eigenvalue weighted by Crippen LogP contribution is 2.29. The fourth-order valence-corrected chi connectivity index (χ4v) is 2.19. The fraction of sp³-hybridized carbons (Fsp3) is 0.500. The molecule has 0 bridgehead atoms. The Morgan fingerprint density at radius 2 is 2.39 bits per heavy atom. The Morgan fingerprint density at radius 1 is 1.61 bits per heavy atom. The van der Waals surface area contributed by atoms with E-state index in [0.29, 0.717) is 18.1 Å². The largest absolute Gasteiger partial charge is 0.492 e. The molecule has 2 atom stereocenters. The second-order valence-electron chi connectivity index (χ2n) is 4.78. The molecular formula is C14H18ClNO2. The molecule has 1 N–H and O–H groups in total. The Labute approximate surface area is 112 Å². The first kappa shape index (κ1) is 13.2. The molecule has 0 aromatic heterocycles.